The predicted octanol–water partition coefficient (Wildman–Crippen LogP) is 1.66. The second-order valence-corrected chi connectivity index (χ2v) is 5.67. The Morgan fingerprint density at radius 1 is 1.21 bits per heavy atom. The Morgan fingerprint density at radius 2 is 1.89 bits per heavy atom. The highest BCUT2D eigenvalue weighted by molar-refractivity contribution is 5.86. The molecule has 1 amide bonds. The Hall–Kier alpha value is -1.10. The van der Waals surface area contributed by atoms with Crippen molar-refractivity contribution < 1.29 is 19.4 Å². The van der Waals surface area contributed by atoms with E-state index in [0.29, 0.717) is 12.3 Å². The number of piperidine rings is 1. The number of fused-ring (bicyclic) bond motifs is 1. The van der Waals surface area contributed by atoms with Crippen LogP contribution in [-0.4, -0.2) is 47.2 Å². The molecular weight excluding hydrogens is 246 g/mol. The third-order valence-corrected chi connectivity index (χ3v) is 4.61. The summed E-state index contributed by atoms with van der Waals surface area (Å²) in [5, 5.41) is 9.37. The molecule has 1 saturated carbocycles. The number of amides is 1. The third kappa shape index (κ3) is 2.76. The molecule has 0 radical (unpaired) electrons. The van der Waals surface area contributed by atoms with E-state index >= 15 is 0 Å². The maximum absolute atomic E-state index is 12.4. The smallest absolute Gasteiger partial charge is 0.326 e. The van der Waals surface area contributed by atoms with E-state index < -0.39 is 18.1 Å². The summed E-state index contributed by atoms with van der Waals surface area (Å²) in [4.78, 5) is 25.5. The molecule has 1 aliphatic heterocycles. The molecule has 0 aromatic carbocycles. The van der Waals surface area contributed by atoms with E-state index in [2.05, 4.69) is 0 Å². The summed E-state index contributed by atoms with van der Waals surface area (Å²) in [6.45, 7) is 1.69. The minimum Gasteiger partial charge on any atom is -0.480 e. The first-order valence-corrected chi connectivity index (χ1v) is 7.14. The van der Waals surface area contributed by atoms with Crippen LogP contribution in [0.5, 0.6) is 0 Å². The van der Waals surface area contributed by atoms with Gasteiger partial charge in [-0.05, 0) is 38.5 Å². The Bertz CT molecular complexity index is 357. The molecule has 2 rings (SSSR count). The minimum absolute atomic E-state index is 0.0914. The molecule has 0 aromatic heterocycles. The van der Waals surface area contributed by atoms with Crippen molar-refractivity contribution in [1.82, 2.24) is 4.90 Å². The lowest BCUT2D eigenvalue weighted by Crippen LogP contribution is -2.59. The van der Waals surface area contributed by atoms with Crippen molar-refractivity contribution in [3.63, 3.8) is 0 Å². The van der Waals surface area contributed by atoms with Crippen LogP contribution in [0.1, 0.15) is 45.4 Å². The Kier molecular flexibility index (Phi) is 4.45. The number of likely N-dealkylation sites (tertiary alicyclic amines) is 1. The molecule has 108 valence electrons. The number of carbonyl (C=O) groups is 2. The average Bonchev–Trinajstić information content (AvgIpc) is 2.44. The Morgan fingerprint density at radius 3 is 2.53 bits per heavy atom. The van der Waals surface area contributed by atoms with Gasteiger partial charge in [-0.15, -0.1) is 0 Å². The SMILES string of the molecule is COC(C)C(=O)N1C(C(=O)O)CCC2CCCCC21. The summed E-state index contributed by atoms with van der Waals surface area (Å²) in [5.74, 6) is -0.593. The molecule has 4 atom stereocenters. The highest BCUT2D eigenvalue weighted by Crippen LogP contribution is 2.38. The van der Waals surface area contributed by atoms with Crippen LogP contribution in [0.4, 0.5) is 0 Å². The number of methoxy groups -OCH3 is 1. The van der Waals surface area contributed by atoms with E-state index in [1.165, 1.54) is 13.5 Å². The van der Waals surface area contributed by atoms with Crippen LogP contribution in [0.15, 0.2) is 0 Å². The van der Waals surface area contributed by atoms with Crippen LogP contribution in [0.2, 0.25) is 0 Å². The van der Waals surface area contributed by atoms with Crippen LogP contribution in [0.25, 0.3) is 0 Å². The van der Waals surface area contributed by atoms with Crippen molar-refractivity contribution >= 4 is 11.9 Å². The number of hydrogen-bond acceptors (Lipinski definition) is 3. The number of carboxylic acid groups (broad SMARTS) is 1. The quantitative estimate of drug-likeness (QED) is 0.846. The standard InChI is InChI=1S/C14H23NO4/c1-9(19-2)13(16)15-11-6-4-3-5-10(11)7-8-12(15)14(17)18/h9-12H,3-8H2,1-2H3,(H,17,18). The molecule has 19 heavy (non-hydrogen) atoms. The maximum atomic E-state index is 12.4. The number of carbonyl (C=O) groups excluding carboxylic acids is 1. The molecule has 4 unspecified atom stereocenters. The van der Waals surface area contributed by atoms with Crippen molar-refractivity contribution in [3.8, 4) is 0 Å². The number of nitrogens with zero attached hydrogens (tertiary/aromatic N) is 1. The lowest BCUT2D eigenvalue weighted by molar-refractivity contribution is -0.163. The lowest BCUT2D eigenvalue weighted by Gasteiger charge is -2.47. The highest BCUT2D eigenvalue weighted by atomic mass is 16.5. The fourth-order valence-corrected chi connectivity index (χ4v) is 3.50. The van der Waals surface area contributed by atoms with Crippen molar-refractivity contribution in [3.05, 3.63) is 0 Å². The normalized spacial score (nSPS) is 32.5. The summed E-state index contributed by atoms with van der Waals surface area (Å²) in [6.07, 6.45) is 5.24. The van der Waals surface area contributed by atoms with Gasteiger partial charge < -0.3 is 14.7 Å². The Balaban J connectivity index is 2.23. The van der Waals surface area contributed by atoms with E-state index in [0.717, 1.165) is 25.7 Å². The van der Waals surface area contributed by atoms with E-state index in [1.807, 2.05) is 0 Å². The molecular formula is C14H23NO4. The summed E-state index contributed by atoms with van der Waals surface area (Å²) < 4.78 is 5.09. The fraction of sp³-hybridized carbons (Fsp3) is 0.857. The maximum Gasteiger partial charge on any atom is 0.326 e. The first-order valence-electron chi connectivity index (χ1n) is 7.14. The van der Waals surface area contributed by atoms with Crippen LogP contribution in [0.3, 0.4) is 0 Å². The predicted molar refractivity (Wildman–Crippen MR) is 69.7 cm³/mol. The van der Waals surface area contributed by atoms with E-state index in [4.69, 9.17) is 4.74 Å². The zero-order valence-corrected chi connectivity index (χ0v) is 11.7. The van der Waals surface area contributed by atoms with Gasteiger partial charge in [0.25, 0.3) is 5.91 Å². The van der Waals surface area contributed by atoms with Gasteiger partial charge in [0.2, 0.25) is 0 Å². The van der Waals surface area contributed by atoms with Gasteiger partial charge >= 0.3 is 5.97 Å². The second kappa shape index (κ2) is 5.90. The van der Waals surface area contributed by atoms with Gasteiger partial charge in [-0.3, -0.25) is 4.79 Å². The van der Waals surface area contributed by atoms with Gasteiger partial charge in [0, 0.05) is 13.2 Å². The van der Waals surface area contributed by atoms with Gasteiger partial charge in [0.1, 0.15) is 12.1 Å². The number of hydrogen-bond donors (Lipinski definition) is 1. The molecule has 0 spiro atoms. The molecule has 1 saturated heterocycles. The molecule has 1 aliphatic carbocycles. The molecule has 0 aromatic rings. The van der Waals surface area contributed by atoms with Crippen molar-refractivity contribution in [1.29, 1.82) is 0 Å². The summed E-state index contributed by atoms with van der Waals surface area (Å²) in [7, 11) is 1.49. The monoisotopic (exact) mass is 269 g/mol. The van der Waals surface area contributed by atoms with E-state index in [9.17, 15) is 14.7 Å². The van der Waals surface area contributed by atoms with Gasteiger partial charge in [0.15, 0.2) is 0 Å². The largest absolute Gasteiger partial charge is 0.480 e. The van der Waals surface area contributed by atoms with Gasteiger partial charge in [-0.2, -0.15) is 0 Å². The molecule has 5 nitrogen and oxygen atoms in total. The zero-order valence-electron chi connectivity index (χ0n) is 11.7. The minimum atomic E-state index is -0.888. The third-order valence-electron chi connectivity index (χ3n) is 4.61. The lowest BCUT2D eigenvalue weighted by atomic mass is 9.76. The van der Waals surface area contributed by atoms with Crippen LogP contribution >= 0.6 is 0 Å². The highest BCUT2D eigenvalue weighted by Gasteiger charge is 2.44. The Labute approximate surface area is 113 Å². The van der Waals surface area contributed by atoms with Gasteiger partial charge in [-0.25, -0.2) is 4.79 Å². The van der Waals surface area contributed by atoms with Gasteiger partial charge in [0.05, 0.1) is 0 Å². The first kappa shape index (κ1) is 14.3. The number of aliphatic carboxylic acids is 1. The van der Waals surface area contributed by atoms with Crippen molar-refractivity contribution in [2.45, 2.75) is 63.6 Å². The topological polar surface area (TPSA) is 66.8 Å². The first-order chi connectivity index (χ1) is 9.06. The molecule has 1 N–H and O–H groups in total. The average molecular weight is 269 g/mol. The fourth-order valence-electron chi connectivity index (χ4n) is 3.50. The zero-order chi connectivity index (χ0) is 14.0. The van der Waals surface area contributed by atoms with Crippen molar-refractivity contribution in [2.24, 2.45) is 5.92 Å². The van der Waals surface area contributed by atoms with Crippen LogP contribution in [-0.2, 0) is 14.3 Å². The van der Waals surface area contributed by atoms with Crippen molar-refractivity contribution in [2.75, 3.05) is 7.11 Å². The molecule has 5 heteroatoms. The number of rotatable bonds is 3. The molecule has 1 heterocycles. The molecule has 2 fully saturated rings. The van der Waals surface area contributed by atoms with Crippen LogP contribution in [0, 0.1) is 5.92 Å². The van der Waals surface area contributed by atoms with E-state index in [1.54, 1.807) is 11.8 Å². The second-order valence-electron chi connectivity index (χ2n) is 5.67. The summed E-state index contributed by atoms with van der Waals surface area (Å²) in [5.41, 5.74) is 0. The van der Waals surface area contributed by atoms with Crippen LogP contribution < -0.4 is 0 Å². The number of ether oxygens (including phenoxy) is 1. The molecule has 2 aliphatic rings. The van der Waals surface area contributed by atoms with Gasteiger partial charge in [-0.1, -0.05) is 12.8 Å². The summed E-state index contributed by atoms with van der Waals surface area (Å²) >= 11 is 0. The molecule has 0 bridgehead atoms. The van der Waals surface area contributed by atoms with E-state index in [-0.39, 0.29) is 11.9 Å². The number of carboxylic acids is 1. The summed E-state index contributed by atoms with van der Waals surface area (Å²) in [6, 6.07) is -0.585.